The van der Waals surface area contributed by atoms with Crippen LogP contribution in [0.2, 0.25) is 0 Å². The van der Waals surface area contributed by atoms with Gasteiger partial charge in [-0.1, -0.05) is 48.5 Å². The molecule has 27 heavy (non-hydrogen) atoms. The maximum atomic E-state index is 12.7. The monoisotopic (exact) mass is 363 g/mol. The van der Waals surface area contributed by atoms with Crippen LogP contribution < -0.4 is 0 Å². The van der Waals surface area contributed by atoms with Gasteiger partial charge < -0.3 is 14.7 Å². The van der Waals surface area contributed by atoms with E-state index in [1.807, 2.05) is 24.3 Å². The van der Waals surface area contributed by atoms with E-state index >= 15 is 0 Å². The number of carbonyl (C=O) groups is 2. The fourth-order valence-corrected chi connectivity index (χ4v) is 5.25. The van der Waals surface area contributed by atoms with Gasteiger partial charge in [-0.05, 0) is 41.0 Å². The summed E-state index contributed by atoms with van der Waals surface area (Å²) in [6.07, 6.45) is 1.26. The van der Waals surface area contributed by atoms with E-state index in [-0.39, 0.29) is 30.6 Å². The van der Waals surface area contributed by atoms with Crippen molar-refractivity contribution in [2.24, 2.45) is 11.8 Å². The molecule has 2 aliphatic carbocycles. The summed E-state index contributed by atoms with van der Waals surface area (Å²) in [6, 6.07) is 16.2. The van der Waals surface area contributed by atoms with Crippen molar-refractivity contribution in [3.63, 3.8) is 0 Å². The molecule has 5 heteroatoms. The number of likely N-dealkylation sites (tertiary alicyclic amines) is 1. The van der Waals surface area contributed by atoms with Gasteiger partial charge in [0.05, 0.1) is 5.92 Å². The molecule has 138 valence electrons. The van der Waals surface area contributed by atoms with E-state index in [1.165, 1.54) is 22.3 Å². The van der Waals surface area contributed by atoms with Crippen LogP contribution in [0.25, 0.3) is 11.1 Å². The van der Waals surface area contributed by atoms with E-state index in [0.717, 1.165) is 12.8 Å². The number of nitrogens with zero attached hydrogens (tertiary/aromatic N) is 1. The molecule has 1 saturated heterocycles. The zero-order valence-electron chi connectivity index (χ0n) is 14.9. The number of aliphatic carboxylic acids is 1. The Kier molecular flexibility index (Phi) is 3.71. The minimum Gasteiger partial charge on any atom is -0.481 e. The maximum absolute atomic E-state index is 12.7. The Morgan fingerprint density at radius 3 is 2.22 bits per heavy atom. The summed E-state index contributed by atoms with van der Waals surface area (Å²) in [4.78, 5) is 25.8. The SMILES string of the molecule is O=C(O)[C@@H]1[C@@H]2CC[C@H]1N(C(=O)OCC1c3ccccc3-c3ccccc31)C2. The van der Waals surface area contributed by atoms with Gasteiger partial charge in [-0.2, -0.15) is 0 Å². The molecule has 1 N–H and O–H groups in total. The molecule has 2 aromatic carbocycles. The molecule has 5 rings (SSSR count). The highest BCUT2D eigenvalue weighted by molar-refractivity contribution is 5.79. The van der Waals surface area contributed by atoms with Crippen molar-refractivity contribution in [3.05, 3.63) is 59.7 Å². The van der Waals surface area contributed by atoms with Crippen molar-refractivity contribution in [2.45, 2.75) is 24.8 Å². The summed E-state index contributed by atoms with van der Waals surface area (Å²) in [5, 5.41) is 9.44. The van der Waals surface area contributed by atoms with E-state index in [2.05, 4.69) is 24.3 Å². The van der Waals surface area contributed by atoms with E-state index in [0.29, 0.717) is 6.54 Å². The van der Waals surface area contributed by atoms with Crippen LogP contribution in [-0.2, 0) is 9.53 Å². The van der Waals surface area contributed by atoms with Gasteiger partial charge in [0.25, 0.3) is 0 Å². The molecule has 1 amide bonds. The average molecular weight is 363 g/mol. The van der Waals surface area contributed by atoms with Gasteiger partial charge in [0.1, 0.15) is 6.61 Å². The van der Waals surface area contributed by atoms with Crippen LogP contribution in [0.15, 0.2) is 48.5 Å². The van der Waals surface area contributed by atoms with E-state index in [4.69, 9.17) is 4.74 Å². The number of hydrogen-bond donors (Lipinski definition) is 1. The smallest absolute Gasteiger partial charge is 0.410 e. The Labute approximate surface area is 157 Å². The maximum Gasteiger partial charge on any atom is 0.410 e. The lowest BCUT2D eigenvalue weighted by atomic mass is 9.98. The first-order chi connectivity index (χ1) is 13.1. The second-order valence-corrected chi connectivity index (χ2v) is 7.73. The molecule has 0 radical (unpaired) electrons. The van der Waals surface area contributed by atoms with Gasteiger partial charge in [0.2, 0.25) is 0 Å². The Hall–Kier alpha value is -2.82. The fraction of sp³-hybridized carbons (Fsp3) is 0.364. The molecular formula is C22H21NO4. The minimum absolute atomic E-state index is 0.0245. The third-order valence-electron chi connectivity index (χ3n) is 6.44. The predicted octanol–water partition coefficient (Wildman–Crippen LogP) is 3.73. The highest BCUT2D eigenvalue weighted by atomic mass is 16.6. The number of amides is 1. The molecule has 0 aromatic heterocycles. The number of carboxylic acid groups (broad SMARTS) is 1. The molecule has 0 spiro atoms. The summed E-state index contributed by atoms with van der Waals surface area (Å²) in [5.74, 6) is -1.15. The number of benzene rings is 2. The van der Waals surface area contributed by atoms with E-state index in [9.17, 15) is 14.7 Å². The Balaban J connectivity index is 1.34. The molecule has 5 nitrogen and oxygen atoms in total. The van der Waals surface area contributed by atoms with E-state index in [1.54, 1.807) is 4.90 Å². The van der Waals surface area contributed by atoms with Gasteiger partial charge in [0, 0.05) is 18.5 Å². The second-order valence-electron chi connectivity index (χ2n) is 7.73. The molecular weight excluding hydrogens is 342 g/mol. The Morgan fingerprint density at radius 1 is 1.00 bits per heavy atom. The summed E-state index contributed by atoms with van der Waals surface area (Å²) >= 11 is 0. The van der Waals surface area contributed by atoms with Crippen molar-refractivity contribution in [3.8, 4) is 11.1 Å². The fourth-order valence-electron chi connectivity index (χ4n) is 5.25. The van der Waals surface area contributed by atoms with Gasteiger partial charge in [0.15, 0.2) is 0 Å². The third kappa shape index (κ3) is 2.45. The molecule has 3 aliphatic rings. The second kappa shape index (κ2) is 6.12. The standard InChI is InChI=1S/C22H21NO4/c24-21(25)20-13-9-10-19(20)23(11-13)22(26)27-12-18-16-7-3-1-5-14(16)15-6-2-4-8-17(15)18/h1-8,13,18-20H,9-12H2,(H,24,25)/t13-,19-,20-/m1/s1. The Morgan fingerprint density at radius 2 is 1.63 bits per heavy atom. The number of piperidine rings is 1. The van der Waals surface area contributed by atoms with Crippen LogP contribution in [-0.4, -0.2) is 41.3 Å². The lowest BCUT2D eigenvalue weighted by Gasteiger charge is -2.27. The van der Waals surface area contributed by atoms with Crippen LogP contribution in [0.3, 0.4) is 0 Å². The first kappa shape index (κ1) is 16.4. The quantitative estimate of drug-likeness (QED) is 0.902. The van der Waals surface area contributed by atoms with Gasteiger partial charge in [-0.3, -0.25) is 4.79 Å². The van der Waals surface area contributed by atoms with Crippen molar-refractivity contribution in [1.29, 1.82) is 0 Å². The molecule has 2 bridgehead atoms. The van der Waals surface area contributed by atoms with Crippen molar-refractivity contribution in [1.82, 2.24) is 4.90 Å². The molecule has 1 saturated carbocycles. The highest BCUT2D eigenvalue weighted by Gasteiger charge is 2.52. The van der Waals surface area contributed by atoms with Crippen LogP contribution in [0, 0.1) is 11.8 Å². The summed E-state index contributed by atoms with van der Waals surface area (Å²) in [6.45, 7) is 0.775. The van der Waals surface area contributed by atoms with Crippen LogP contribution >= 0.6 is 0 Å². The van der Waals surface area contributed by atoms with Crippen LogP contribution in [0.1, 0.15) is 29.9 Å². The number of fused-ring (bicyclic) bond motifs is 5. The first-order valence-corrected chi connectivity index (χ1v) is 9.49. The molecule has 2 aromatic rings. The van der Waals surface area contributed by atoms with Crippen LogP contribution in [0.4, 0.5) is 4.79 Å². The molecule has 1 heterocycles. The number of carbonyl (C=O) groups excluding carboxylic acids is 1. The van der Waals surface area contributed by atoms with Gasteiger partial charge in [-0.25, -0.2) is 4.79 Å². The summed E-state index contributed by atoms with van der Waals surface area (Å²) in [7, 11) is 0. The number of ether oxygens (including phenoxy) is 1. The zero-order valence-corrected chi connectivity index (χ0v) is 14.9. The Bertz CT molecular complexity index is 879. The molecule has 1 aliphatic heterocycles. The molecule has 0 unspecified atom stereocenters. The van der Waals surface area contributed by atoms with Crippen molar-refractivity contribution < 1.29 is 19.4 Å². The summed E-state index contributed by atoms with van der Waals surface area (Å²) in [5.41, 5.74) is 4.75. The number of hydrogen-bond acceptors (Lipinski definition) is 3. The van der Waals surface area contributed by atoms with Gasteiger partial charge >= 0.3 is 12.1 Å². The van der Waals surface area contributed by atoms with Gasteiger partial charge in [-0.15, -0.1) is 0 Å². The van der Waals surface area contributed by atoms with Crippen molar-refractivity contribution >= 4 is 12.1 Å². The van der Waals surface area contributed by atoms with Crippen LogP contribution in [0.5, 0.6) is 0 Å². The minimum atomic E-state index is -0.795. The zero-order chi connectivity index (χ0) is 18.5. The average Bonchev–Trinajstić information content (AvgIpc) is 3.36. The third-order valence-corrected chi connectivity index (χ3v) is 6.44. The number of rotatable bonds is 3. The van der Waals surface area contributed by atoms with E-state index < -0.39 is 11.9 Å². The van der Waals surface area contributed by atoms with Crippen molar-refractivity contribution in [2.75, 3.05) is 13.2 Å². The lowest BCUT2D eigenvalue weighted by molar-refractivity contribution is -0.142. The topological polar surface area (TPSA) is 66.8 Å². The first-order valence-electron chi connectivity index (χ1n) is 9.49. The number of carboxylic acids is 1. The normalized spacial score (nSPS) is 25.3. The molecule has 3 atom stereocenters. The predicted molar refractivity (Wildman–Crippen MR) is 99.4 cm³/mol. The molecule has 2 fully saturated rings. The highest BCUT2D eigenvalue weighted by Crippen LogP contribution is 2.45. The largest absolute Gasteiger partial charge is 0.481 e. The lowest BCUT2D eigenvalue weighted by Crippen LogP contribution is -2.40. The summed E-state index contributed by atoms with van der Waals surface area (Å²) < 4.78 is 5.70.